The highest BCUT2D eigenvalue weighted by Crippen LogP contribution is 2.12. The largest absolute Gasteiger partial charge is 0.476 e. The molecule has 0 saturated heterocycles. The molecule has 0 aromatic carbocycles. The van der Waals surface area contributed by atoms with Crippen molar-refractivity contribution in [3.8, 4) is 0 Å². The van der Waals surface area contributed by atoms with Gasteiger partial charge in [-0.05, 0) is 6.07 Å². The molecule has 0 aliphatic carbocycles. The fourth-order valence-corrected chi connectivity index (χ4v) is 1.88. The number of nitrogens with zero attached hydrogens (tertiary/aromatic N) is 4. The van der Waals surface area contributed by atoms with E-state index in [9.17, 15) is 9.59 Å². The summed E-state index contributed by atoms with van der Waals surface area (Å²) < 4.78 is 2.97. The Morgan fingerprint density at radius 2 is 2.20 bits per heavy atom. The maximum Gasteiger partial charge on any atom is 0.358 e. The number of nitrogens with one attached hydrogen (secondary N) is 1. The second-order valence-corrected chi connectivity index (χ2v) is 4.52. The molecule has 0 atom stereocenters. The summed E-state index contributed by atoms with van der Waals surface area (Å²) in [6.45, 7) is 0.619. The Bertz CT molecular complexity index is 648. The normalized spacial score (nSPS) is 10.5. The fraction of sp³-hybridized carbons (Fsp3) is 0.273. The first-order valence-electron chi connectivity index (χ1n) is 5.71. The van der Waals surface area contributed by atoms with Crippen LogP contribution in [0, 0.1) is 0 Å². The molecule has 20 heavy (non-hydrogen) atoms. The van der Waals surface area contributed by atoms with Gasteiger partial charge < -0.3 is 15.0 Å². The van der Waals surface area contributed by atoms with Crippen LogP contribution < -0.4 is 5.32 Å². The second-order valence-electron chi connectivity index (χ2n) is 4.08. The zero-order valence-corrected chi connectivity index (χ0v) is 11.3. The molecule has 9 heteroatoms. The van der Waals surface area contributed by atoms with Gasteiger partial charge in [-0.2, -0.15) is 0 Å². The van der Waals surface area contributed by atoms with Gasteiger partial charge in [-0.3, -0.25) is 4.79 Å². The third-order valence-corrected chi connectivity index (χ3v) is 2.80. The predicted octanol–water partition coefficient (Wildman–Crippen LogP) is 0.398. The predicted molar refractivity (Wildman–Crippen MR) is 69.7 cm³/mol. The summed E-state index contributed by atoms with van der Waals surface area (Å²) in [6, 6.07) is 1.56. The highest BCUT2D eigenvalue weighted by Gasteiger charge is 2.11. The van der Waals surface area contributed by atoms with Crippen LogP contribution in [0.25, 0.3) is 0 Å². The molecule has 2 rings (SSSR count). The average molecular weight is 298 g/mol. The summed E-state index contributed by atoms with van der Waals surface area (Å²) in [6.07, 6.45) is 2.93. The monoisotopic (exact) mass is 297 g/mol. The van der Waals surface area contributed by atoms with Crippen LogP contribution in [0.1, 0.15) is 21.0 Å². The number of amides is 1. The molecule has 0 unspecified atom stereocenters. The number of halogens is 1. The first kappa shape index (κ1) is 14.1. The van der Waals surface area contributed by atoms with Crippen molar-refractivity contribution < 1.29 is 14.7 Å². The lowest BCUT2D eigenvalue weighted by Crippen LogP contribution is -2.28. The van der Waals surface area contributed by atoms with E-state index in [1.54, 1.807) is 23.9 Å². The van der Waals surface area contributed by atoms with Gasteiger partial charge in [-0.1, -0.05) is 16.8 Å². The molecule has 0 radical (unpaired) electrons. The molecule has 0 bridgehead atoms. The van der Waals surface area contributed by atoms with E-state index >= 15 is 0 Å². The van der Waals surface area contributed by atoms with Crippen LogP contribution in [0.5, 0.6) is 0 Å². The second kappa shape index (κ2) is 5.74. The first-order chi connectivity index (χ1) is 9.47. The number of aryl methyl sites for hydroxylation is 1. The Labute approximate surface area is 118 Å². The molecular weight excluding hydrogens is 286 g/mol. The van der Waals surface area contributed by atoms with Crippen LogP contribution in [0.2, 0.25) is 5.02 Å². The summed E-state index contributed by atoms with van der Waals surface area (Å²) in [5.41, 5.74) is 0.311. The van der Waals surface area contributed by atoms with Gasteiger partial charge in [-0.25, -0.2) is 9.48 Å². The zero-order valence-electron chi connectivity index (χ0n) is 10.6. The van der Waals surface area contributed by atoms with Crippen LogP contribution in [0.4, 0.5) is 0 Å². The number of aromatic nitrogens is 4. The number of carboxylic acids is 1. The Morgan fingerprint density at radius 1 is 1.45 bits per heavy atom. The van der Waals surface area contributed by atoms with Crippen LogP contribution in [-0.2, 0) is 13.6 Å². The third-order valence-electron chi connectivity index (χ3n) is 2.59. The third kappa shape index (κ3) is 3.15. The summed E-state index contributed by atoms with van der Waals surface area (Å²) in [7, 11) is 1.72. The van der Waals surface area contributed by atoms with Crippen molar-refractivity contribution in [2.75, 3.05) is 6.54 Å². The molecule has 8 nitrogen and oxygen atoms in total. The van der Waals surface area contributed by atoms with E-state index in [0.29, 0.717) is 23.8 Å². The lowest BCUT2D eigenvalue weighted by atomic mass is 10.4. The maximum absolute atomic E-state index is 11.9. The van der Waals surface area contributed by atoms with Crippen LogP contribution in [0.3, 0.4) is 0 Å². The van der Waals surface area contributed by atoms with Crippen molar-refractivity contribution in [1.82, 2.24) is 24.9 Å². The Kier molecular flexibility index (Phi) is 4.04. The minimum Gasteiger partial charge on any atom is -0.476 e. The number of hydrogen-bond donors (Lipinski definition) is 2. The molecule has 2 aromatic rings. The molecular formula is C11H12ClN5O3. The zero-order chi connectivity index (χ0) is 14.7. The Hall–Kier alpha value is -2.35. The van der Waals surface area contributed by atoms with Gasteiger partial charge in [0, 0.05) is 19.8 Å². The van der Waals surface area contributed by atoms with Gasteiger partial charge >= 0.3 is 5.97 Å². The molecule has 2 N–H and O–H groups in total. The Morgan fingerprint density at radius 3 is 2.75 bits per heavy atom. The van der Waals surface area contributed by atoms with Gasteiger partial charge in [0.05, 0.1) is 17.8 Å². The van der Waals surface area contributed by atoms with E-state index in [0.717, 1.165) is 0 Å². The first-order valence-corrected chi connectivity index (χ1v) is 6.08. The van der Waals surface area contributed by atoms with Crippen molar-refractivity contribution in [2.45, 2.75) is 6.54 Å². The highest BCUT2D eigenvalue weighted by atomic mass is 35.5. The fourth-order valence-electron chi connectivity index (χ4n) is 1.63. The quantitative estimate of drug-likeness (QED) is 0.831. The Balaban J connectivity index is 1.87. The lowest BCUT2D eigenvalue weighted by Gasteiger charge is -2.05. The molecule has 106 valence electrons. The molecule has 0 spiro atoms. The lowest BCUT2D eigenvalue weighted by molar-refractivity contribution is 0.0690. The van der Waals surface area contributed by atoms with Crippen molar-refractivity contribution in [3.63, 3.8) is 0 Å². The summed E-state index contributed by atoms with van der Waals surface area (Å²) in [4.78, 5) is 22.5. The number of carbonyl (C=O) groups excluding carboxylic acids is 1. The van der Waals surface area contributed by atoms with Crippen molar-refractivity contribution in [1.29, 1.82) is 0 Å². The van der Waals surface area contributed by atoms with E-state index in [-0.39, 0.29) is 11.6 Å². The summed E-state index contributed by atoms with van der Waals surface area (Å²) in [5, 5.41) is 19.0. The van der Waals surface area contributed by atoms with Gasteiger partial charge in [0.1, 0.15) is 5.69 Å². The van der Waals surface area contributed by atoms with Gasteiger partial charge in [0.15, 0.2) is 5.69 Å². The number of carbonyl (C=O) groups is 2. The van der Waals surface area contributed by atoms with Crippen LogP contribution in [-0.4, -0.2) is 43.1 Å². The number of rotatable bonds is 5. The molecule has 0 aliphatic rings. The molecule has 0 fully saturated rings. The van der Waals surface area contributed by atoms with Crippen molar-refractivity contribution >= 4 is 23.5 Å². The molecule has 0 saturated carbocycles. The average Bonchev–Trinajstić information content (AvgIpc) is 2.96. The van der Waals surface area contributed by atoms with E-state index < -0.39 is 5.97 Å². The highest BCUT2D eigenvalue weighted by molar-refractivity contribution is 6.31. The van der Waals surface area contributed by atoms with Crippen LogP contribution in [0.15, 0.2) is 18.5 Å². The molecule has 2 aromatic heterocycles. The SMILES string of the molecule is Cn1cc(Cl)cc1C(=O)NCCn1cc(C(=O)O)nn1. The van der Waals surface area contributed by atoms with E-state index in [1.807, 2.05) is 0 Å². The van der Waals surface area contributed by atoms with Gasteiger partial charge in [-0.15, -0.1) is 5.10 Å². The van der Waals surface area contributed by atoms with E-state index in [2.05, 4.69) is 15.6 Å². The molecule has 1 amide bonds. The number of carboxylic acid groups (broad SMARTS) is 1. The van der Waals surface area contributed by atoms with E-state index in [4.69, 9.17) is 16.7 Å². The molecule has 0 aliphatic heterocycles. The maximum atomic E-state index is 11.9. The van der Waals surface area contributed by atoms with Gasteiger partial charge in [0.2, 0.25) is 0 Å². The topological polar surface area (TPSA) is 102 Å². The standard InChI is InChI=1S/C11H12ClN5O3/c1-16-5-7(12)4-9(16)10(18)13-2-3-17-6-8(11(19)20)14-15-17/h4-6H,2-3H2,1H3,(H,13,18)(H,19,20). The van der Waals surface area contributed by atoms with E-state index in [1.165, 1.54) is 10.9 Å². The minimum absolute atomic E-state index is 0.134. The van der Waals surface area contributed by atoms with Crippen molar-refractivity contribution in [2.24, 2.45) is 7.05 Å². The van der Waals surface area contributed by atoms with Gasteiger partial charge in [0.25, 0.3) is 5.91 Å². The smallest absolute Gasteiger partial charge is 0.358 e. The number of hydrogen-bond acceptors (Lipinski definition) is 4. The van der Waals surface area contributed by atoms with Crippen LogP contribution >= 0.6 is 11.6 Å². The minimum atomic E-state index is -1.14. The summed E-state index contributed by atoms with van der Waals surface area (Å²) >= 11 is 5.79. The number of aromatic carboxylic acids is 1. The van der Waals surface area contributed by atoms with Crippen molar-refractivity contribution in [3.05, 3.63) is 34.9 Å². The summed E-state index contributed by atoms with van der Waals surface area (Å²) in [5.74, 6) is -1.41. The molecule has 2 heterocycles.